The van der Waals surface area contributed by atoms with Crippen molar-refractivity contribution in [3.05, 3.63) is 47.1 Å². The van der Waals surface area contributed by atoms with Crippen molar-refractivity contribution in [3.63, 3.8) is 0 Å². The van der Waals surface area contributed by atoms with Gasteiger partial charge in [0.2, 0.25) is 0 Å². The van der Waals surface area contributed by atoms with Crippen LogP contribution < -0.4 is 11.4 Å². The van der Waals surface area contributed by atoms with Crippen LogP contribution in [0.25, 0.3) is 5.82 Å². The molecule has 0 saturated heterocycles. The quantitative estimate of drug-likeness (QED) is 0.694. The van der Waals surface area contributed by atoms with Crippen LogP contribution in [-0.2, 0) is 0 Å². The number of aromatic nitrogens is 3. The van der Waals surface area contributed by atoms with Gasteiger partial charge in [-0.1, -0.05) is 6.07 Å². The molecule has 2 N–H and O–H groups in total. The van der Waals surface area contributed by atoms with Crippen LogP contribution in [0.2, 0.25) is 0 Å². The summed E-state index contributed by atoms with van der Waals surface area (Å²) >= 11 is 0. The zero-order valence-corrected chi connectivity index (χ0v) is 7.29. The van der Waals surface area contributed by atoms with Crippen LogP contribution >= 0.6 is 0 Å². The van der Waals surface area contributed by atoms with Crippen molar-refractivity contribution >= 4 is 5.82 Å². The Bertz CT molecular complexity index is 492. The molecule has 14 heavy (non-hydrogen) atoms. The third kappa shape index (κ3) is 1.47. The number of anilines is 1. The SMILES string of the molecule is Nc1ccn(-c2ccccn2)c(=O)n1. The van der Waals surface area contributed by atoms with Crippen LogP contribution in [0.4, 0.5) is 5.82 Å². The molecule has 0 aliphatic heterocycles. The average Bonchev–Trinajstić information content (AvgIpc) is 2.19. The summed E-state index contributed by atoms with van der Waals surface area (Å²) in [6.45, 7) is 0. The van der Waals surface area contributed by atoms with Crippen molar-refractivity contribution in [2.75, 3.05) is 5.73 Å². The van der Waals surface area contributed by atoms with E-state index < -0.39 is 5.69 Å². The minimum absolute atomic E-state index is 0.210. The van der Waals surface area contributed by atoms with E-state index in [0.717, 1.165) is 0 Å². The molecule has 0 spiro atoms. The molecule has 0 fully saturated rings. The van der Waals surface area contributed by atoms with Gasteiger partial charge in [-0.2, -0.15) is 4.98 Å². The first-order valence-corrected chi connectivity index (χ1v) is 4.04. The molecule has 2 rings (SSSR count). The molecule has 0 atom stereocenters. The molecule has 0 aromatic carbocycles. The first-order chi connectivity index (χ1) is 6.77. The molecular formula is C9H8N4O. The maximum atomic E-state index is 11.4. The van der Waals surface area contributed by atoms with E-state index in [-0.39, 0.29) is 5.82 Å². The first-order valence-electron chi connectivity index (χ1n) is 4.04. The Labute approximate surface area is 79.9 Å². The maximum Gasteiger partial charge on any atom is 0.355 e. The Morgan fingerprint density at radius 3 is 2.79 bits per heavy atom. The van der Waals surface area contributed by atoms with Crippen LogP contribution in [0, 0.1) is 0 Å². The zero-order valence-electron chi connectivity index (χ0n) is 7.29. The zero-order chi connectivity index (χ0) is 9.97. The fraction of sp³-hybridized carbons (Fsp3) is 0. The summed E-state index contributed by atoms with van der Waals surface area (Å²) in [5.74, 6) is 0.743. The maximum absolute atomic E-state index is 11.4. The average molecular weight is 188 g/mol. The topological polar surface area (TPSA) is 73.8 Å². The molecule has 2 heterocycles. The number of pyridine rings is 1. The number of hydrogen-bond donors (Lipinski definition) is 1. The van der Waals surface area contributed by atoms with E-state index in [9.17, 15) is 4.79 Å². The second-order valence-corrected chi connectivity index (χ2v) is 2.69. The lowest BCUT2D eigenvalue weighted by Gasteiger charge is -2.02. The molecule has 0 aliphatic carbocycles. The van der Waals surface area contributed by atoms with Crippen LogP contribution in [0.5, 0.6) is 0 Å². The molecule has 0 unspecified atom stereocenters. The lowest BCUT2D eigenvalue weighted by Crippen LogP contribution is -2.22. The summed E-state index contributed by atoms with van der Waals surface area (Å²) in [5.41, 5.74) is 4.93. The molecular weight excluding hydrogens is 180 g/mol. The Morgan fingerprint density at radius 1 is 1.29 bits per heavy atom. The molecule has 0 saturated carbocycles. The molecule has 0 bridgehead atoms. The number of hydrogen-bond acceptors (Lipinski definition) is 4. The van der Waals surface area contributed by atoms with E-state index in [0.29, 0.717) is 5.82 Å². The molecule has 5 nitrogen and oxygen atoms in total. The van der Waals surface area contributed by atoms with E-state index >= 15 is 0 Å². The highest BCUT2D eigenvalue weighted by atomic mass is 16.1. The Kier molecular flexibility index (Phi) is 1.98. The normalized spacial score (nSPS) is 10.0. The van der Waals surface area contributed by atoms with Gasteiger partial charge in [-0.3, -0.25) is 4.57 Å². The van der Waals surface area contributed by atoms with Crippen molar-refractivity contribution in [1.82, 2.24) is 14.5 Å². The van der Waals surface area contributed by atoms with E-state index in [2.05, 4.69) is 9.97 Å². The van der Waals surface area contributed by atoms with Gasteiger partial charge in [0.15, 0.2) is 0 Å². The van der Waals surface area contributed by atoms with E-state index in [1.165, 1.54) is 4.57 Å². The van der Waals surface area contributed by atoms with Crippen molar-refractivity contribution in [1.29, 1.82) is 0 Å². The van der Waals surface area contributed by atoms with Crippen molar-refractivity contribution in [2.24, 2.45) is 0 Å². The van der Waals surface area contributed by atoms with Crippen LogP contribution in [-0.4, -0.2) is 14.5 Å². The lowest BCUT2D eigenvalue weighted by molar-refractivity contribution is 0.886. The van der Waals surface area contributed by atoms with Gasteiger partial charge in [0, 0.05) is 12.4 Å². The third-order valence-corrected chi connectivity index (χ3v) is 1.72. The fourth-order valence-electron chi connectivity index (χ4n) is 1.09. The van der Waals surface area contributed by atoms with Gasteiger partial charge in [0.05, 0.1) is 0 Å². The predicted octanol–water partition coefficient (Wildman–Crippen LogP) is 0.210. The number of nitrogens with two attached hydrogens (primary N) is 1. The third-order valence-electron chi connectivity index (χ3n) is 1.72. The monoisotopic (exact) mass is 188 g/mol. The molecule has 0 radical (unpaired) electrons. The number of rotatable bonds is 1. The summed E-state index contributed by atoms with van der Waals surface area (Å²) in [4.78, 5) is 19.0. The van der Waals surface area contributed by atoms with Crippen LogP contribution in [0.3, 0.4) is 0 Å². The van der Waals surface area contributed by atoms with Crippen molar-refractivity contribution in [3.8, 4) is 5.82 Å². The van der Waals surface area contributed by atoms with Gasteiger partial charge in [-0.25, -0.2) is 9.78 Å². The van der Waals surface area contributed by atoms with Crippen LogP contribution in [0.15, 0.2) is 41.5 Å². The number of nitrogens with zero attached hydrogens (tertiary/aromatic N) is 3. The van der Waals surface area contributed by atoms with Gasteiger partial charge in [-0.15, -0.1) is 0 Å². The van der Waals surface area contributed by atoms with E-state index in [4.69, 9.17) is 5.73 Å². The summed E-state index contributed by atoms with van der Waals surface area (Å²) < 4.78 is 1.33. The molecule has 5 heteroatoms. The minimum atomic E-state index is -0.427. The lowest BCUT2D eigenvalue weighted by atomic mass is 10.4. The molecule has 0 amide bonds. The van der Waals surface area contributed by atoms with Crippen LogP contribution in [0.1, 0.15) is 0 Å². The highest BCUT2D eigenvalue weighted by molar-refractivity contribution is 5.28. The summed E-state index contributed by atoms with van der Waals surface area (Å²) in [6.07, 6.45) is 3.16. The highest BCUT2D eigenvalue weighted by Gasteiger charge is 2.00. The van der Waals surface area contributed by atoms with Crippen molar-refractivity contribution in [2.45, 2.75) is 0 Å². The summed E-state index contributed by atoms with van der Waals surface area (Å²) in [5, 5.41) is 0. The van der Waals surface area contributed by atoms with Gasteiger partial charge < -0.3 is 5.73 Å². The Morgan fingerprint density at radius 2 is 2.14 bits per heavy atom. The predicted molar refractivity (Wildman–Crippen MR) is 52.0 cm³/mol. The minimum Gasteiger partial charge on any atom is -0.383 e. The molecule has 0 aliphatic rings. The van der Waals surface area contributed by atoms with Gasteiger partial charge in [-0.05, 0) is 18.2 Å². The smallest absolute Gasteiger partial charge is 0.355 e. The molecule has 2 aromatic rings. The summed E-state index contributed by atoms with van der Waals surface area (Å²) in [6, 6.07) is 6.85. The number of nitrogen functional groups attached to an aromatic ring is 1. The Balaban J connectivity index is 2.59. The standard InChI is InChI=1S/C9H8N4O/c10-7-4-6-13(9(14)12-7)8-3-1-2-5-11-8/h1-6H,(H2,10,12,14). The molecule has 70 valence electrons. The summed E-state index contributed by atoms with van der Waals surface area (Å²) in [7, 11) is 0. The van der Waals surface area contributed by atoms with Gasteiger partial charge >= 0.3 is 5.69 Å². The highest BCUT2D eigenvalue weighted by Crippen LogP contribution is 1.99. The largest absolute Gasteiger partial charge is 0.383 e. The van der Waals surface area contributed by atoms with E-state index in [1.807, 2.05) is 0 Å². The van der Waals surface area contributed by atoms with Gasteiger partial charge in [0.1, 0.15) is 11.6 Å². The first kappa shape index (κ1) is 8.43. The Hall–Kier alpha value is -2.17. The second kappa shape index (κ2) is 3.29. The molecule has 2 aromatic heterocycles. The van der Waals surface area contributed by atoms with Gasteiger partial charge in [0.25, 0.3) is 0 Å². The fourth-order valence-corrected chi connectivity index (χ4v) is 1.09. The second-order valence-electron chi connectivity index (χ2n) is 2.69. The van der Waals surface area contributed by atoms with Crippen molar-refractivity contribution < 1.29 is 0 Å². The van der Waals surface area contributed by atoms with E-state index in [1.54, 1.807) is 36.7 Å².